The summed E-state index contributed by atoms with van der Waals surface area (Å²) < 4.78 is 0. The summed E-state index contributed by atoms with van der Waals surface area (Å²) in [6.07, 6.45) is 8.44. The van der Waals surface area contributed by atoms with Crippen LogP contribution in [0.4, 0.5) is 11.4 Å². The van der Waals surface area contributed by atoms with E-state index in [4.69, 9.17) is 11.5 Å². The molecule has 1 unspecified atom stereocenters. The second-order valence-corrected chi connectivity index (χ2v) is 8.22. The smallest absolute Gasteiger partial charge is 0.0317 e. The number of hydrogen-bond acceptors (Lipinski definition) is 2. The van der Waals surface area contributed by atoms with Gasteiger partial charge in [0.2, 0.25) is 0 Å². The molecule has 0 saturated heterocycles. The van der Waals surface area contributed by atoms with Crippen LogP contribution in [0.1, 0.15) is 82.4 Å². The summed E-state index contributed by atoms with van der Waals surface area (Å²) in [5.41, 5.74) is 18.7. The van der Waals surface area contributed by atoms with Crippen LogP contribution in [-0.4, -0.2) is 0 Å². The summed E-state index contributed by atoms with van der Waals surface area (Å²) in [6.45, 7) is 6.93. The van der Waals surface area contributed by atoms with E-state index >= 15 is 0 Å². The maximum atomic E-state index is 6.27. The van der Waals surface area contributed by atoms with Crippen molar-refractivity contribution in [3.63, 3.8) is 0 Å². The van der Waals surface area contributed by atoms with Crippen LogP contribution in [0.15, 0.2) is 42.5 Å². The third kappa shape index (κ3) is 3.00. The molecule has 4 N–H and O–H groups in total. The highest BCUT2D eigenvalue weighted by Crippen LogP contribution is 2.59. The van der Waals surface area contributed by atoms with Crippen molar-refractivity contribution in [2.45, 2.75) is 76.5 Å². The van der Waals surface area contributed by atoms with Crippen LogP contribution >= 0.6 is 0 Å². The van der Waals surface area contributed by atoms with Gasteiger partial charge in [0.25, 0.3) is 0 Å². The molecular formula is C24H34N2. The van der Waals surface area contributed by atoms with E-state index in [9.17, 15) is 0 Å². The Morgan fingerprint density at radius 1 is 0.731 bits per heavy atom. The Labute approximate surface area is 159 Å². The van der Waals surface area contributed by atoms with Crippen molar-refractivity contribution in [1.82, 2.24) is 0 Å². The van der Waals surface area contributed by atoms with E-state index < -0.39 is 0 Å². The molecule has 0 heterocycles. The standard InChI is InChI=1S/C24H34N2/c1-4-13-23(14-5-2)17-24(15-6-3,18-7-9-19(25)10-8-18)22-16-20(26)11-12-21(22)23/h7-12,16H,4-6,13-15,17,25-26H2,1-3H3. The number of nitrogen functional groups attached to an aromatic ring is 2. The molecule has 0 radical (unpaired) electrons. The molecule has 140 valence electrons. The zero-order valence-electron chi connectivity index (χ0n) is 16.6. The van der Waals surface area contributed by atoms with Crippen molar-refractivity contribution < 1.29 is 0 Å². The van der Waals surface area contributed by atoms with Crippen LogP contribution in [0.3, 0.4) is 0 Å². The van der Waals surface area contributed by atoms with Gasteiger partial charge in [0.1, 0.15) is 0 Å². The van der Waals surface area contributed by atoms with Crippen molar-refractivity contribution in [3.05, 3.63) is 59.2 Å². The first-order valence-corrected chi connectivity index (χ1v) is 10.3. The molecule has 1 aliphatic rings. The predicted octanol–water partition coefficient (Wildman–Crippen LogP) is 6.18. The normalized spacial score (nSPS) is 20.9. The number of nitrogens with two attached hydrogens (primary N) is 2. The zero-order chi connectivity index (χ0) is 18.8. The molecule has 2 aromatic rings. The Kier molecular flexibility index (Phi) is 5.32. The maximum absolute atomic E-state index is 6.27. The molecule has 26 heavy (non-hydrogen) atoms. The molecule has 2 aromatic carbocycles. The first-order valence-electron chi connectivity index (χ1n) is 10.3. The molecule has 1 aliphatic carbocycles. The minimum Gasteiger partial charge on any atom is -0.399 e. The molecule has 1 atom stereocenters. The Morgan fingerprint density at radius 2 is 1.31 bits per heavy atom. The first kappa shape index (κ1) is 18.8. The van der Waals surface area contributed by atoms with Gasteiger partial charge in [-0.05, 0) is 72.1 Å². The van der Waals surface area contributed by atoms with Gasteiger partial charge in [0.15, 0.2) is 0 Å². The van der Waals surface area contributed by atoms with Crippen molar-refractivity contribution >= 4 is 11.4 Å². The monoisotopic (exact) mass is 350 g/mol. The molecule has 3 rings (SSSR count). The molecule has 2 nitrogen and oxygen atoms in total. The molecule has 0 aromatic heterocycles. The predicted molar refractivity (Wildman–Crippen MR) is 114 cm³/mol. The van der Waals surface area contributed by atoms with Gasteiger partial charge in [0.05, 0.1) is 0 Å². The average molecular weight is 351 g/mol. The molecular weight excluding hydrogens is 316 g/mol. The Morgan fingerprint density at radius 3 is 1.88 bits per heavy atom. The molecule has 0 bridgehead atoms. The summed E-state index contributed by atoms with van der Waals surface area (Å²) in [6, 6.07) is 15.3. The molecule has 0 fully saturated rings. The summed E-state index contributed by atoms with van der Waals surface area (Å²) in [7, 11) is 0. The number of fused-ring (bicyclic) bond motifs is 1. The second kappa shape index (κ2) is 7.34. The quantitative estimate of drug-likeness (QED) is 0.586. The minimum atomic E-state index is 0.0531. The number of rotatable bonds is 7. The Bertz CT molecular complexity index is 741. The fraction of sp³-hybridized carbons (Fsp3) is 0.500. The van der Waals surface area contributed by atoms with Crippen LogP contribution in [0, 0.1) is 0 Å². The third-order valence-electron chi connectivity index (χ3n) is 6.37. The number of hydrogen-bond donors (Lipinski definition) is 2. The molecule has 0 amide bonds. The van der Waals surface area contributed by atoms with E-state index in [-0.39, 0.29) is 10.8 Å². The van der Waals surface area contributed by atoms with Crippen molar-refractivity contribution in [2.75, 3.05) is 11.5 Å². The second-order valence-electron chi connectivity index (χ2n) is 8.22. The largest absolute Gasteiger partial charge is 0.399 e. The van der Waals surface area contributed by atoms with Gasteiger partial charge in [-0.2, -0.15) is 0 Å². The van der Waals surface area contributed by atoms with Gasteiger partial charge in [-0.1, -0.05) is 58.2 Å². The lowest BCUT2D eigenvalue weighted by atomic mass is 9.67. The average Bonchev–Trinajstić information content (AvgIpc) is 2.87. The van der Waals surface area contributed by atoms with Crippen LogP contribution in [-0.2, 0) is 10.8 Å². The summed E-state index contributed by atoms with van der Waals surface area (Å²) in [5, 5.41) is 0. The zero-order valence-corrected chi connectivity index (χ0v) is 16.6. The van der Waals surface area contributed by atoms with Gasteiger partial charge >= 0.3 is 0 Å². The van der Waals surface area contributed by atoms with E-state index in [1.807, 2.05) is 0 Å². The van der Waals surface area contributed by atoms with Gasteiger partial charge in [0, 0.05) is 16.8 Å². The van der Waals surface area contributed by atoms with Gasteiger partial charge < -0.3 is 11.5 Å². The van der Waals surface area contributed by atoms with Crippen molar-refractivity contribution in [2.24, 2.45) is 0 Å². The summed E-state index contributed by atoms with van der Waals surface area (Å²) >= 11 is 0. The van der Waals surface area contributed by atoms with Crippen LogP contribution < -0.4 is 11.5 Å². The van der Waals surface area contributed by atoms with Gasteiger partial charge in [-0.15, -0.1) is 0 Å². The van der Waals surface area contributed by atoms with E-state index in [1.54, 1.807) is 5.56 Å². The molecule has 0 saturated carbocycles. The highest BCUT2D eigenvalue weighted by molar-refractivity contribution is 5.59. The lowest BCUT2D eigenvalue weighted by Crippen LogP contribution is -2.30. The van der Waals surface area contributed by atoms with Crippen molar-refractivity contribution in [3.8, 4) is 0 Å². The van der Waals surface area contributed by atoms with E-state index in [0.717, 1.165) is 24.2 Å². The Balaban J connectivity index is 2.25. The first-order chi connectivity index (χ1) is 12.5. The van der Waals surface area contributed by atoms with Crippen LogP contribution in [0.25, 0.3) is 0 Å². The lowest BCUT2D eigenvalue weighted by Gasteiger charge is -2.36. The fourth-order valence-corrected chi connectivity index (χ4v) is 5.57. The van der Waals surface area contributed by atoms with E-state index in [2.05, 4.69) is 63.2 Å². The SMILES string of the molecule is CCCC1(CCC)CC(CCC)(c2ccc(N)cc2)c2cc(N)ccc21. The molecule has 0 spiro atoms. The minimum absolute atomic E-state index is 0.0531. The third-order valence-corrected chi connectivity index (χ3v) is 6.37. The van der Waals surface area contributed by atoms with E-state index in [1.165, 1.54) is 43.2 Å². The van der Waals surface area contributed by atoms with Gasteiger partial charge in [-0.25, -0.2) is 0 Å². The molecule has 2 heteroatoms. The van der Waals surface area contributed by atoms with Crippen molar-refractivity contribution in [1.29, 1.82) is 0 Å². The number of anilines is 2. The number of benzene rings is 2. The fourth-order valence-electron chi connectivity index (χ4n) is 5.57. The molecule has 0 aliphatic heterocycles. The topological polar surface area (TPSA) is 52.0 Å². The van der Waals surface area contributed by atoms with E-state index in [0.29, 0.717) is 0 Å². The maximum Gasteiger partial charge on any atom is 0.0317 e. The van der Waals surface area contributed by atoms with Crippen LogP contribution in [0.2, 0.25) is 0 Å². The highest BCUT2D eigenvalue weighted by Gasteiger charge is 2.51. The van der Waals surface area contributed by atoms with Gasteiger partial charge in [-0.3, -0.25) is 0 Å². The Hall–Kier alpha value is -1.96. The van der Waals surface area contributed by atoms with Crippen LogP contribution in [0.5, 0.6) is 0 Å². The summed E-state index contributed by atoms with van der Waals surface area (Å²) in [5.74, 6) is 0. The lowest BCUT2D eigenvalue weighted by molar-refractivity contribution is 0.294. The highest BCUT2D eigenvalue weighted by atomic mass is 14.6. The summed E-state index contributed by atoms with van der Waals surface area (Å²) in [4.78, 5) is 0.